The number of ketones is 2. The molecule has 4 N–H and O–H groups in total. The first-order valence-corrected chi connectivity index (χ1v) is 21.9. The molecule has 14 nitrogen and oxygen atoms in total. The number of alkyl halides is 6. The van der Waals surface area contributed by atoms with Crippen molar-refractivity contribution in [2.45, 2.75) is 65.0 Å². The second-order valence-corrected chi connectivity index (χ2v) is 16.6. The highest BCUT2D eigenvalue weighted by atomic mass is 35.5. The van der Waals surface area contributed by atoms with E-state index in [0.717, 1.165) is 50.2 Å². The zero-order valence-corrected chi connectivity index (χ0v) is 39.7. The van der Waals surface area contributed by atoms with Crippen molar-refractivity contribution in [1.29, 1.82) is 0 Å². The molecule has 2 unspecified atom stereocenters. The van der Waals surface area contributed by atoms with Crippen molar-refractivity contribution < 1.29 is 55.1 Å². The van der Waals surface area contributed by atoms with E-state index >= 15 is 0 Å². The number of nitrogens with one attached hydrogen (secondary N) is 4. The number of azo groups is 2. The Morgan fingerprint density at radius 1 is 0.500 bits per heavy atom. The summed E-state index contributed by atoms with van der Waals surface area (Å²) in [6, 6.07) is 11.8. The van der Waals surface area contributed by atoms with E-state index in [2.05, 4.69) is 41.7 Å². The maximum atomic E-state index is 13.6. The van der Waals surface area contributed by atoms with Crippen molar-refractivity contribution in [1.82, 2.24) is 0 Å². The number of anilines is 4. The molecule has 2 atom stereocenters. The van der Waals surface area contributed by atoms with Crippen LogP contribution in [0.2, 0.25) is 20.1 Å². The Morgan fingerprint density at radius 3 is 1.17 bits per heavy atom. The van der Waals surface area contributed by atoms with Crippen molar-refractivity contribution >= 4 is 116 Å². The summed E-state index contributed by atoms with van der Waals surface area (Å²) in [4.78, 5) is 78.8. The Morgan fingerprint density at radius 2 is 0.857 bits per heavy atom. The van der Waals surface area contributed by atoms with Gasteiger partial charge in [0.15, 0.2) is 11.6 Å². The summed E-state index contributed by atoms with van der Waals surface area (Å²) in [5.41, 5.74) is -2.95. The fourth-order valence-corrected chi connectivity index (χ4v) is 7.39. The summed E-state index contributed by atoms with van der Waals surface area (Å²) < 4.78 is 81.7. The fraction of sp³-hybridized carbons (Fsp3) is 0.217. The normalized spacial score (nSPS) is 12.7. The molecule has 5 rings (SSSR count). The number of hydrogen-bond donors (Lipinski definition) is 4. The van der Waals surface area contributed by atoms with Crippen LogP contribution in [0.1, 0.15) is 70.7 Å². The number of halogens is 10. The number of benzene rings is 5. The number of Topliss-reactive ketones (excluding diaryl/α,β-unsaturated/α-hetero) is 2. The Bertz CT molecular complexity index is 2770. The zero-order chi connectivity index (χ0) is 51.8. The summed E-state index contributed by atoms with van der Waals surface area (Å²) >= 11 is 24.1. The molecule has 5 aromatic carbocycles. The standard InChI is InChI=1S/C46H36Cl4F6N8O6/c1-5-27-28(6-2)36(58-44(70)40(22(4)66)64-62-26-10-14-34(50)30(20-26)42(68)60-38-18-24(48)8-12-32(38)46(54,55)56)16-15-35(27)57-43(69)39(21(3)65)63-61-25-9-13-33(49)29(19-25)41(67)59-37-17-23(47)7-11-31(37)45(51,52)53/h7-20,39-40H,5-6H2,1-4H3,(H,57,69)(H,58,70)(H,59,67)(H,60,68). The van der Waals surface area contributed by atoms with Gasteiger partial charge in [0.25, 0.3) is 23.6 Å². The molecular weight excluding hydrogens is 1020 g/mol. The maximum Gasteiger partial charge on any atom is 0.418 e. The minimum Gasteiger partial charge on any atom is -0.323 e. The number of amides is 4. The molecular formula is C46H36Cl4F6N8O6. The van der Waals surface area contributed by atoms with Gasteiger partial charge in [0, 0.05) is 21.4 Å². The molecule has 0 spiro atoms. The van der Waals surface area contributed by atoms with Gasteiger partial charge in [-0.2, -0.15) is 46.8 Å². The smallest absolute Gasteiger partial charge is 0.323 e. The van der Waals surface area contributed by atoms with Crippen molar-refractivity contribution in [3.63, 3.8) is 0 Å². The van der Waals surface area contributed by atoms with E-state index in [1.807, 2.05) is 0 Å². The van der Waals surface area contributed by atoms with Crippen LogP contribution >= 0.6 is 46.4 Å². The van der Waals surface area contributed by atoms with E-state index in [1.165, 1.54) is 36.4 Å². The number of carbonyl (C=O) groups excluding carboxylic acids is 6. The zero-order valence-electron chi connectivity index (χ0n) is 36.7. The van der Waals surface area contributed by atoms with E-state index < -0.39 is 82.1 Å². The van der Waals surface area contributed by atoms with Gasteiger partial charge in [-0.15, -0.1) is 0 Å². The van der Waals surface area contributed by atoms with Gasteiger partial charge in [0.2, 0.25) is 12.1 Å². The lowest BCUT2D eigenvalue weighted by Gasteiger charge is -2.20. The Labute approximate surface area is 414 Å². The van der Waals surface area contributed by atoms with Gasteiger partial charge < -0.3 is 21.3 Å². The van der Waals surface area contributed by atoms with Crippen molar-refractivity contribution in [2.24, 2.45) is 20.5 Å². The number of hydrogen-bond acceptors (Lipinski definition) is 10. The lowest BCUT2D eigenvalue weighted by molar-refractivity contribution is -0.137. The minimum absolute atomic E-state index is 0.0836. The number of rotatable bonds is 16. The quantitative estimate of drug-likeness (QED) is 0.0430. The fourth-order valence-electron chi connectivity index (χ4n) is 6.63. The summed E-state index contributed by atoms with van der Waals surface area (Å²) in [5.74, 6) is -5.45. The second-order valence-electron chi connectivity index (χ2n) is 14.9. The first kappa shape index (κ1) is 54.2. The van der Waals surface area contributed by atoms with E-state index in [1.54, 1.807) is 13.8 Å². The average molecular weight is 1050 g/mol. The Balaban J connectivity index is 1.32. The monoisotopic (exact) mass is 1050 g/mol. The third-order valence-corrected chi connectivity index (χ3v) is 11.1. The highest BCUT2D eigenvalue weighted by Crippen LogP contribution is 2.39. The third-order valence-electron chi connectivity index (χ3n) is 9.96. The first-order chi connectivity index (χ1) is 32.8. The van der Waals surface area contributed by atoms with Crippen LogP contribution in [0, 0.1) is 0 Å². The van der Waals surface area contributed by atoms with Gasteiger partial charge in [-0.25, -0.2) is 0 Å². The van der Waals surface area contributed by atoms with E-state index in [9.17, 15) is 55.1 Å². The van der Waals surface area contributed by atoms with Crippen LogP contribution in [-0.2, 0) is 44.4 Å². The Kier molecular flexibility index (Phi) is 17.6. The predicted molar refractivity (Wildman–Crippen MR) is 252 cm³/mol. The van der Waals surface area contributed by atoms with Gasteiger partial charge in [-0.3, -0.25) is 28.8 Å². The van der Waals surface area contributed by atoms with Gasteiger partial charge in [-0.1, -0.05) is 60.3 Å². The minimum atomic E-state index is -4.83. The summed E-state index contributed by atoms with van der Waals surface area (Å²) in [7, 11) is 0. The third kappa shape index (κ3) is 13.5. The SMILES string of the molecule is CCc1c(NC(=O)C(N=Nc2ccc(Cl)c(C(=O)Nc3cc(Cl)ccc3C(F)(F)F)c2)C(C)=O)ccc(NC(=O)C(N=Nc2ccc(Cl)c(C(=O)Nc3cc(Cl)ccc3C(F)(F)F)c2)C(C)=O)c1CC. The van der Waals surface area contributed by atoms with E-state index in [4.69, 9.17) is 46.4 Å². The molecule has 0 bridgehead atoms. The van der Waals surface area contributed by atoms with Gasteiger partial charge in [-0.05, 0) is 123 Å². The molecule has 366 valence electrons. The highest BCUT2D eigenvalue weighted by Gasteiger charge is 2.36. The molecule has 5 aromatic rings. The Hall–Kier alpha value is -6.74. The molecule has 0 heterocycles. The van der Waals surface area contributed by atoms with Gasteiger partial charge in [0.1, 0.15) is 0 Å². The molecule has 70 heavy (non-hydrogen) atoms. The topological polar surface area (TPSA) is 200 Å². The van der Waals surface area contributed by atoms with E-state index in [-0.39, 0.29) is 66.8 Å². The van der Waals surface area contributed by atoms with Crippen LogP contribution in [0.5, 0.6) is 0 Å². The predicted octanol–water partition coefficient (Wildman–Crippen LogP) is 13.3. The average Bonchev–Trinajstić information content (AvgIpc) is 3.26. The van der Waals surface area contributed by atoms with Crippen LogP contribution in [0.25, 0.3) is 0 Å². The lowest BCUT2D eigenvalue weighted by Crippen LogP contribution is -2.33. The van der Waals surface area contributed by atoms with Crippen LogP contribution in [0.15, 0.2) is 105 Å². The van der Waals surface area contributed by atoms with Crippen LogP contribution in [0.3, 0.4) is 0 Å². The summed E-state index contributed by atoms with van der Waals surface area (Å²) in [6.07, 6.45) is -9.11. The molecule has 0 fully saturated rings. The molecule has 0 aromatic heterocycles. The van der Waals surface area contributed by atoms with Crippen LogP contribution in [-0.4, -0.2) is 47.3 Å². The van der Waals surface area contributed by atoms with Gasteiger partial charge in [0.05, 0.1) is 55.0 Å². The van der Waals surface area contributed by atoms with Crippen LogP contribution < -0.4 is 21.3 Å². The summed E-state index contributed by atoms with van der Waals surface area (Å²) in [6.45, 7) is 5.65. The molecule has 4 amide bonds. The molecule has 24 heteroatoms. The molecule has 0 aliphatic heterocycles. The van der Waals surface area contributed by atoms with Crippen molar-refractivity contribution in [2.75, 3.05) is 21.3 Å². The maximum absolute atomic E-state index is 13.6. The summed E-state index contributed by atoms with van der Waals surface area (Å²) in [5, 5.41) is 24.7. The number of nitrogens with zero attached hydrogens (tertiary/aromatic N) is 4. The van der Waals surface area contributed by atoms with E-state index in [0.29, 0.717) is 23.3 Å². The first-order valence-electron chi connectivity index (χ1n) is 20.4. The lowest BCUT2D eigenvalue weighted by atomic mass is 9.98. The molecule has 0 aliphatic rings. The van der Waals surface area contributed by atoms with Crippen LogP contribution in [0.4, 0.5) is 60.5 Å². The molecule has 0 saturated carbocycles. The molecule has 0 radical (unpaired) electrons. The number of carbonyl (C=O) groups is 6. The van der Waals surface area contributed by atoms with Gasteiger partial charge >= 0.3 is 12.4 Å². The second kappa shape index (κ2) is 22.8. The van der Waals surface area contributed by atoms with Crippen molar-refractivity contribution in [3.05, 3.63) is 138 Å². The highest BCUT2D eigenvalue weighted by molar-refractivity contribution is 6.35. The largest absolute Gasteiger partial charge is 0.418 e. The van der Waals surface area contributed by atoms with Crippen molar-refractivity contribution in [3.8, 4) is 0 Å². The molecule has 0 aliphatic carbocycles. The molecule has 0 saturated heterocycles.